The van der Waals surface area contributed by atoms with Gasteiger partial charge in [-0.1, -0.05) is 23.2 Å². The molecule has 0 aromatic heterocycles. The minimum Gasteiger partial charge on any atom is -0.463 e. The number of benzene rings is 1. The molecule has 7 heteroatoms. The maximum atomic E-state index is 12.7. The standard InChI is InChI=1S/C19H17Cl2NO4/c1-2-26-17(23)10-16(21)14-9-11(7-8-15(14)20)22-18(24)12-5-3-4-6-13(12)19(22)25/h7-10H,2-6H2,1H3. The van der Waals surface area contributed by atoms with Crippen LogP contribution in [0.1, 0.15) is 38.2 Å². The van der Waals surface area contributed by atoms with Crippen molar-refractivity contribution in [3.63, 3.8) is 0 Å². The Kier molecular flexibility index (Phi) is 5.49. The highest BCUT2D eigenvalue weighted by atomic mass is 35.5. The van der Waals surface area contributed by atoms with E-state index in [9.17, 15) is 14.4 Å². The minimum absolute atomic E-state index is 0.0760. The van der Waals surface area contributed by atoms with Crippen LogP contribution in [-0.4, -0.2) is 24.4 Å². The molecule has 0 unspecified atom stereocenters. The molecule has 3 rings (SSSR count). The molecule has 0 fully saturated rings. The van der Waals surface area contributed by atoms with E-state index in [1.807, 2.05) is 0 Å². The first kappa shape index (κ1) is 18.7. The summed E-state index contributed by atoms with van der Waals surface area (Å²) in [5.74, 6) is -1.17. The highest BCUT2D eigenvalue weighted by Gasteiger charge is 2.39. The van der Waals surface area contributed by atoms with Crippen molar-refractivity contribution in [2.24, 2.45) is 0 Å². The van der Waals surface area contributed by atoms with Gasteiger partial charge in [-0.05, 0) is 50.8 Å². The highest BCUT2D eigenvalue weighted by Crippen LogP contribution is 2.38. The van der Waals surface area contributed by atoms with Crippen LogP contribution in [0.4, 0.5) is 5.69 Å². The lowest BCUT2D eigenvalue weighted by Crippen LogP contribution is -2.31. The number of carbonyl (C=O) groups is 3. The van der Waals surface area contributed by atoms with Crippen molar-refractivity contribution >= 4 is 51.7 Å². The van der Waals surface area contributed by atoms with E-state index in [1.165, 1.54) is 6.07 Å². The Bertz CT molecular complexity index is 829. The summed E-state index contributed by atoms with van der Waals surface area (Å²) in [6, 6.07) is 4.68. The van der Waals surface area contributed by atoms with Gasteiger partial charge >= 0.3 is 5.97 Å². The summed E-state index contributed by atoms with van der Waals surface area (Å²) in [4.78, 5) is 38.1. The van der Waals surface area contributed by atoms with Crippen LogP contribution in [0.25, 0.3) is 5.03 Å². The van der Waals surface area contributed by atoms with Crippen molar-refractivity contribution in [3.05, 3.63) is 46.0 Å². The lowest BCUT2D eigenvalue weighted by Gasteiger charge is -2.17. The SMILES string of the molecule is CCOC(=O)C=C(Cl)c1cc(N2C(=O)C3=C(CCCC3)C2=O)ccc1Cl. The van der Waals surface area contributed by atoms with Gasteiger partial charge in [-0.3, -0.25) is 9.59 Å². The third-order valence-corrected chi connectivity index (χ3v) is 5.03. The lowest BCUT2D eigenvalue weighted by atomic mass is 9.93. The summed E-state index contributed by atoms with van der Waals surface area (Å²) < 4.78 is 4.83. The molecule has 0 saturated heterocycles. The summed E-state index contributed by atoms with van der Waals surface area (Å²) >= 11 is 12.4. The molecule has 2 amide bonds. The van der Waals surface area contributed by atoms with Crippen molar-refractivity contribution in [1.29, 1.82) is 0 Å². The number of carbonyl (C=O) groups excluding carboxylic acids is 3. The minimum atomic E-state index is -0.593. The number of amides is 2. The van der Waals surface area contributed by atoms with E-state index in [0.717, 1.165) is 23.8 Å². The second-order valence-corrected chi connectivity index (χ2v) is 6.83. The molecule has 26 heavy (non-hydrogen) atoms. The Balaban J connectivity index is 1.95. The van der Waals surface area contributed by atoms with Gasteiger partial charge in [-0.15, -0.1) is 0 Å². The zero-order valence-electron chi connectivity index (χ0n) is 14.2. The van der Waals surface area contributed by atoms with Crippen molar-refractivity contribution in [1.82, 2.24) is 0 Å². The molecule has 2 aliphatic rings. The topological polar surface area (TPSA) is 63.7 Å². The number of anilines is 1. The van der Waals surface area contributed by atoms with E-state index in [0.29, 0.717) is 40.3 Å². The largest absolute Gasteiger partial charge is 0.463 e. The third kappa shape index (κ3) is 3.41. The fraction of sp³-hybridized carbons (Fsp3) is 0.316. The van der Waals surface area contributed by atoms with E-state index < -0.39 is 5.97 Å². The maximum absolute atomic E-state index is 12.7. The van der Waals surface area contributed by atoms with Crippen LogP contribution < -0.4 is 4.90 Å². The summed E-state index contributed by atoms with van der Waals surface area (Å²) in [6.07, 6.45) is 4.19. The van der Waals surface area contributed by atoms with Gasteiger partial charge < -0.3 is 4.74 Å². The van der Waals surface area contributed by atoms with Crippen molar-refractivity contribution in [2.75, 3.05) is 11.5 Å². The average Bonchev–Trinajstić information content (AvgIpc) is 2.87. The molecule has 0 N–H and O–H groups in total. The van der Waals surface area contributed by atoms with Crippen LogP contribution in [-0.2, 0) is 19.1 Å². The lowest BCUT2D eigenvalue weighted by molar-refractivity contribution is -0.137. The quantitative estimate of drug-likeness (QED) is 0.436. The van der Waals surface area contributed by atoms with E-state index in [1.54, 1.807) is 19.1 Å². The van der Waals surface area contributed by atoms with Gasteiger partial charge in [0.25, 0.3) is 11.8 Å². The molecule has 0 radical (unpaired) electrons. The molecular formula is C19H17Cl2NO4. The molecule has 0 atom stereocenters. The van der Waals surface area contributed by atoms with E-state index in [2.05, 4.69) is 0 Å². The number of hydrogen-bond donors (Lipinski definition) is 0. The number of nitrogens with zero attached hydrogens (tertiary/aromatic N) is 1. The van der Waals surface area contributed by atoms with Gasteiger partial charge in [0, 0.05) is 27.8 Å². The van der Waals surface area contributed by atoms with Gasteiger partial charge in [0.2, 0.25) is 0 Å². The molecule has 0 bridgehead atoms. The first-order valence-corrected chi connectivity index (χ1v) is 9.14. The van der Waals surface area contributed by atoms with Crippen LogP contribution in [0.3, 0.4) is 0 Å². The second-order valence-electron chi connectivity index (χ2n) is 6.02. The number of hydrogen-bond acceptors (Lipinski definition) is 4. The van der Waals surface area contributed by atoms with Crippen LogP contribution in [0, 0.1) is 0 Å². The molecular weight excluding hydrogens is 377 g/mol. The molecule has 5 nitrogen and oxygen atoms in total. The Morgan fingerprint density at radius 2 is 1.81 bits per heavy atom. The number of ether oxygens (including phenoxy) is 1. The third-order valence-electron chi connectivity index (χ3n) is 4.39. The predicted octanol–water partition coefficient (Wildman–Crippen LogP) is 4.23. The Morgan fingerprint density at radius 3 is 2.38 bits per heavy atom. The molecule has 0 spiro atoms. The fourth-order valence-electron chi connectivity index (χ4n) is 3.17. The van der Waals surface area contributed by atoms with Gasteiger partial charge in [-0.2, -0.15) is 0 Å². The van der Waals surface area contributed by atoms with Gasteiger partial charge in [0.1, 0.15) is 0 Å². The Labute approximate surface area is 161 Å². The highest BCUT2D eigenvalue weighted by molar-refractivity contribution is 6.52. The van der Waals surface area contributed by atoms with Gasteiger partial charge in [0.15, 0.2) is 0 Å². The van der Waals surface area contributed by atoms with Crippen molar-refractivity contribution < 1.29 is 19.1 Å². The average molecular weight is 394 g/mol. The molecule has 0 saturated carbocycles. The van der Waals surface area contributed by atoms with Crippen molar-refractivity contribution in [3.8, 4) is 0 Å². The number of halogens is 2. The molecule has 1 aliphatic heterocycles. The van der Waals surface area contributed by atoms with Gasteiger partial charge in [0.05, 0.1) is 17.3 Å². The number of esters is 1. The summed E-state index contributed by atoms with van der Waals surface area (Å²) in [7, 11) is 0. The van der Waals surface area contributed by atoms with Gasteiger partial charge in [-0.25, -0.2) is 9.69 Å². The Morgan fingerprint density at radius 1 is 1.19 bits per heavy atom. The normalized spacial score (nSPS) is 17.7. The fourth-order valence-corrected chi connectivity index (χ4v) is 3.69. The molecule has 1 aromatic rings. The van der Waals surface area contributed by atoms with E-state index in [4.69, 9.17) is 27.9 Å². The molecule has 1 aromatic carbocycles. The predicted molar refractivity (Wildman–Crippen MR) is 99.9 cm³/mol. The number of imide groups is 1. The maximum Gasteiger partial charge on any atom is 0.332 e. The van der Waals surface area contributed by atoms with Crippen LogP contribution in [0.5, 0.6) is 0 Å². The van der Waals surface area contributed by atoms with Crippen LogP contribution >= 0.6 is 23.2 Å². The van der Waals surface area contributed by atoms with Crippen molar-refractivity contribution in [2.45, 2.75) is 32.6 Å². The number of rotatable bonds is 4. The zero-order valence-corrected chi connectivity index (χ0v) is 15.7. The first-order valence-electron chi connectivity index (χ1n) is 8.38. The molecule has 1 heterocycles. The molecule has 1 aliphatic carbocycles. The second kappa shape index (κ2) is 7.64. The smallest absolute Gasteiger partial charge is 0.332 e. The summed E-state index contributed by atoms with van der Waals surface area (Å²) in [5.41, 5.74) is 1.94. The summed E-state index contributed by atoms with van der Waals surface area (Å²) in [5, 5.41) is 0.378. The Hall–Kier alpha value is -2.11. The van der Waals surface area contributed by atoms with Crippen LogP contribution in [0.2, 0.25) is 5.02 Å². The molecule has 136 valence electrons. The van der Waals surface area contributed by atoms with E-state index in [-0.39, 0.29) is 23.5 Å². The summed E-state index contributed by atoms with van der Waals surface area (Å²) in [6.45, 7) is 1.91. The van der Waals surface area contributed by atoms with E-state index >= 15 is 0 Å². The first-order chi connectivity index (χ1) is 12.4. The zero-order chi connectivity index (χ0) is 18.8. The monoisotopic (exact) mass is 393 g/mol. The van der Waals surface area contributed by atoms with Crippen LogP contribution in [0.15, 0.2) is 35.4 Å².